The van der Waals surface area contributed by atoms with Crippen LogP contribution in [0.25, 0.3) is 10.4 Å². The number of hydrogen-bond donors (Lipinski definition) is 1. The third-order valence-corrected chi connectivity index (χ3v) is 4.28. The van der Waals surface area contributed by atoms with E-state index in [2.05, 4.69) is 16.9 Å². The molecule has 1 N–H and O–H groups in total. The van der Waals surface area contributed by atoms with Crippen molar-refractivity contribution in [2.24, 2.45) is 11.0 Å². The largest absolute Gasteiger partial charge is 0.491 e. The molecule has 1 saturated heterocycles. The zero-order valence-corrected chi connectivity index (χ0v) is 14.0. The lowest BCUT2D eigenvalue weighted by atomic mass is 9.98. The van der Waals surface area contributed by atoms with E-state index in [1.165, 1.54) is 0 Å². The van der Waals surface area contributed by atoms with Crippen molar-refractivity contribution in [2.75, 3.05) is 26.3 Å². The molecule has 1 aliphatic heterocycles. The van der Waals surface area contributed by atoms with E-state index in [0.29, 0.717) is 18.1 Å². The van der Waals surface area contributed by atoms with Gasteiger partial charge in [-0.25, -0.2) is 0 Å². The smallest absolute Gasteiger partial charge is 0.231 e. The van der Waals surface area contributed by atoms with Crippen molar-refractivity contribution >= 4 is 5.91 Å². The molecule has 1 unspecified atom stereocenters. The third-order valence-electron chi connectivity index (χ3n) is 4.28. The van der Waals surface area contributed by atoms with Crippen LogP contribution in [-0.4, -0.2) is 48.3 Å². The fourth-order valence-corrected chi connectivity index (χ4v) is 2.79. The molecule has 2 rings (SSSR count). The Morgan fingerprint density at radius 3 is 2.67 bits per heavy atom. The number of aliphatic hydroxyl groups excluding tert-OH is 1. The SMILES string of the molecule is CC1CCN(C(=O)C(Cc2ccc(OCCO)cc2)N=[N+]=[N-])CC1. The molecule has 1 aliphatic rings. The number of nitrogens with zero attached hydrogens (tertiary/aromatic N) is 4. The van der Waals surface area contributed by atoms with Crippen LogP contribution in [0.2, 0.25) is 0 Å². The van der Waals surface area contributed by atoms with E-state index in [-0.39, 0.29) is 19.1 Å². The summed E-state index contributed by atoms with van der Waals surface area (Å²) in [5.74, 6) is 1.20. The average Bonchev–Trinajstić information content (AvgIpc) is 2.61. The summed E-state index contributed by atoms with van der Waals surface area (Å²) in [4.78, 5) is 17.3. The zero-order valence-electron chi connectivity index (χ0n) is 14.0. The first kappa shape index (κ1) is 18.1. The lowest BCUT2D eigenvalue weighted by Crippen LogP contribution is -2.43. The molecule has 0 aromatic heterocycles. The number of rotatable bonds is 7. The molecule has 0 bridgehead atoms. The van der Waals surface area contributed by atoms with Gasteiger partial charge < -0.3 is 14.7 Å². The maximum atomic E-state index is 12.6. The van der Waals surface area contributed by atoms with Gasteiger partial charge in [-0.05, 0) is 48.4 Å². The van der Waals surface area contributed by atoms with Crippen molar-refractivity contribution in [2.45, 2.75) is 32.2 Å². The molecule has 0 saturated carbocycles. The predicted octanol–water partition coefficient (Wildman–Crippen LogP) is 2.54. The number of likely N-dealkylation sites (tertiary alicyclic amines) is 1. The van der Waals surface area contributed by atoms with Gasteiger partial charge in [0.2, 0.25) is 5.91 Å². The summed E-state index contributed by atoms with van der Waals surface area (Å²) >= 11 is 0. The Morgan fingerprint density at radius 2 is 2.08 bits per heavy atom. The molecule has 7 heteroatoms. The number of piperidine rings is 1. The number of carbonyl (C=O) groups is 1. The molecular formula is C17H24N4O3. The maximum absolute atomic E-state index is 12.6. The number of aliphatic hydroxyl groups is 1. The van der Waals surface area contributed by atoms with Crippen LogP contribution < -0.4 is 4.74 Å². The summed E-state index contributed by atoms with van der Waals surface area (Å²) < 4.78 is 5.31. The summed E-state index contributed by atoms with van der Waals surface area (Å²) in [5, 5.41) is 12.5. The average molecular weight is 332 g/mol. The van der Waals surface area contributed by atoms with Gasteiger partial charge in [-0.3, -0.25) is 4.79 Å². The first-order valence-corrected chi connectivity index (χ1v) is 8.29. The Kier molecular flexibility index (Phi) is 6.90. The van der Waals surface area contributed by atoms with Gasteiger partial charge in [0.15, 0.2) is 0 Å². The molecule has 1 amide bonds. The lowest BCUT2D eigenvalue weighted by molar-refractivity contribution is -0.133. The molecule has 0 aliphatic carbocycles. The Labute approximate surface area is 141 Å². The molecule has 1 heterocycles. The van der Waals surface area contributed by atoms with Gasteiger partial charge in [-0.2, -0.15) is 0 Å². The zero-order chi connectivity index (χ0) is 17.4. The van der Waals surface area contributed by atoms with Crippen LogP contribution in [-0.2, 0) is 11.2 Å². The molecule has 130 valence electrons. The normalized spacial score (nSPS) is 16.3. The highest BCUT2D eigenvalue weighted by Gasteiger charge is 2.26. The Balaban J connectivity index is 1.99. The fourth-order valence-electron chi connectivity index (χ4n) is 2.79. The van der Waals surface area contributed by atoms with Crippen molar-refractivity contribution < 1.29 is 14.6 Å². The monoisotopic (exact) mass is 332 g/mol. The minimum atomic E-state index is -0.715. The van der Waals surface area contributed by atoms with E-state index in [1.54, 1.807) is 17.0 Å². The number of amides is 1. The molecular weight excluding hydrogens is 308 g/mol. The summed E-state index contributed by atoms with van der Waals surface area (Å²) in [5.41, 5.74) is 9.69. The van der Waals surface area contributed by atoms with Crippen LogP contribution in [0.1, 0.15) is 25.3 Å². The molecule has 1 atom stereocenters. The van der Waals surface area contributed by atoms with Crippen LogP contribution in [0.3, 0.4) is 0 Å². The Morgan fingerprint density at radius 1 is 1.42 bits per heavy atom. The Bertz CT molecular complexity index is 576. The van der Waals surface area contributed by atoms with E-state index >= 15 is 0 Å². The quantitative estimate of drug-likeness (QED) is 0.472. The number of ether oxygens (including phenoxy) is 1. The van der Waals surface area contributed by atoms with Gasteiger partial charge >= 0.3 is 0 Å². The van der Waals surface area contributed by atoms with Crippen LogP contribution in [0.4, 0.5) is 0 Å². The molecule has 24 heavy (non-hydrogen) atoms. The number of benzene rings is 1. The standard InChI is InChI=1S/C17H24N4O3/c1-13-6-8-21(9-7-13)17(23)16(19-20-18)12-14-2-4-15(5-3-14)24-11-10-22/h2-5,13,16,22H,6-12H2,1H3. The van der Waals surface area contributed by atoms with E-state index < -0.39 is 6.04 Å². The van der Waals surface area contributed by atoms with E-state index in [4.69, 9.17) is 15.4 Å². The topological polar surface area (TPSA) is 98.5 Å². The number of carbonyl (C=O) groups excluding carboxylic acids is 1. The Hall–Kier alpha value is -2.24. The minimum absolute atomic E-state index is 0.0380. The summed E-state index contributed by atoms with van der Waals surface area (Å²) in [7, 11) is 0. The van der Waals surface area contributed by atoms with Gasteiger partial charge in [-0.1, -0.05) is 24.2 Å². The van der Waals surface area contributed by atoms with E-state index in [9.17, 15) is 4.79 Å². The van der Waals surface area contributed by atoms with Crippen LogP contribution in [0.5, 0.6) is 5.75 Å². The molecule has 1 aromatic rings. The van der Waals surface area contributed by atoms with Crippen molar-refractivity contribution in [3.05, 3.63) is 40.3 Å². The van der Waals surface area contributed by atoms with Crippen molar-refractivity contribution in [1.29, 1.82) is 0 Å². The van der Waals surface area contributed by atoms with E-state index in [0.717, 1.165) is 31.5 Å². The first-order valence-electron chi connectivity index (χ1n) is 8.29. The molecule has 1 fully saturated rings. The second kappa shape index (κ2) is 9.15. The molecule has 0 spiro atoms. The second-order valence-corrected chi connectivity index (χ2v) is 6.15. The van der Waals surface area contributed by atoms with Crippen molar-refractivity contribution in [3.63, 3.8) is 0 Å². The van der Waals surface area contributed by atoms with Crippen LogP contribution in [0, 0.1) is 5.92 Å². The third kappa shape index (κ3) is 5.15. The van der Waals surface area contributed by atoms with Crippen molar-refractivity contribution in [1.82, 2.24) is 4.90 Å². The van der Waals surface area contributed by atoms with Gasteiger partial charge in [0, 0.05) is 18.0 Å². The summed E-state index contributed by atoms with van der Waals surface area (Å²) in [6, 6.07) is 6.54. The highest BCUT2D eigenvalue weighted by molar-refractivity contribution is 5.82. The first-order chi connectivity index (χ1) is 11.6. The second-order valence-electron chi connectivity index (χ2n) is 6.15. The molecule has 1 aromatic carbocycles. The molecule has 7 nitrogen and oxygen atoms in total. The lowest BCUT2D eigenvalue weighted by Gasteiger charge is -2.32. The van der Waals surface area contributed by atoms with Crippen LogP contribution in [0.15, 0.2) is 29.4 Å². The maximum Gasteiger partial charge on any atom is 0.231 e. The van der Waals surface area contributed by atoms with Crippen molar-refractivity contribution in [3.8, 4) is 5.75 Å². The molecule has 0 radical (unpaired) electrons. The summed E-state index contributed by atoms with van der Waals surface area (Å²) in [6.07, 6.45) is 2.35. The van der Waals surface area contributed by atoms with E-state index in [1.807, 2.05) is 12.1 Å². The van der Waals surface area contributed by atoms with Gasteiger partial charge in [0.1, 0.15) is 18.4 Å². The highest BCUT2D eigenvalue weighted by atomic mass is 16.5. The minimum Gasteiger partial charge on any atom is -0.491 e. The number of azide groups is 1. The van der Waals surface area contributed by atoms with Gasteiger partial charge in [0.25, 0.3) is 0 Å². The number of hydrogen-bond acceptors (Lipinski definition) is 4. The summed E-state index contributed by atoms with van der Waals surface area (Å²) in [6.45, 7) is 3.85. The van der Waals surface area contributed by atoms with Crippen LogP contribution >= 0.6 is 0 Å². The fraction of sp³-hybridized carbons (Fsp3) is 0.588. The van der Waals surface area contributed by atoms with Gasteiger partial charge in [0.05, 0.1) is 6.61 Å². The highest BCUT2D eigenvalue weighted by Crippen LogP contribution is 2.19. The van der Waals surface area contributed by atoms with Gasteiger partial charge in [-0.15, -0.1) is 0 Å². The predicted molar refractivity (Wildman–Crippen MR) is 90.6 cm³/mol.